The van der Waals surface area contributed by atoms with Crippen molar-refractivity contribution in [3.63, 3.8) is 0 Å². The lowest BCUT2D eigenvalue weighted by molar-refractivity contribution is 0.0681. The molecule has 2 aromatic rings. The molecule has 1 amide bonds. The van der Waals surface area contributed by atoms with Crippen molar-refractivity contribution in [2.45, 2.75) is 54.0 Å². The van der Waals surface area contributed by atoms with Crippen molar-refractivity contribution < 1.29 is 9.90 Å². The number of amides is 1. The van der Waals surface area contributed by atoms with Gasteiger partial charge in [0.1, 0.15) is 0 Å². The quantitative estimate of drug-likeness (QED) is 0.872. The topological polar surface area (TPSA) is 71.2 Å². The zero-order chi connectivity index (χ0) is 18.8. The number of hydrogen-bond acceptors (Lipinski definition) is 4. The highest BCUT2D eigenvalue weighted by molar-refractivity contribution is 5.98. The van der Waals surface area contributed by atoms with Crippen LogP contribution in [0.4, 0.5) is 0 Å². The van der Waals surface area contributed by atoms with E-state index in [4.69, 9.17) is 5.11 Å². The number of carbonyl (C=O) groups excluding carboxylic acids is 1. The molecule has 2 heterocycles. The Bertz CT molecular complexity index is 744. The number of aliphatic hydroxyl groups excluding tert-OH is 1. The Morgan fingerprint density at radius 2 is 2.04 bits per heavy atom. The third-order valence-electron chi connectivity index (χ3n) is 4.02. The van der Waals surface area contributed by atoms with Gasteiger partial charge in [0.25, 0.3) is 5.91 Å². The number of aromatic nitrogens is 3. The highest BCUT2D eigenvalue weighted by Crippen LogP contribution is 2.22. The molecule has 0 saturated carbocycles. The normalized spacial score (nSPS) is 12.2. The monoisotopic (exact) mass is 346 g/mol. The van der Waals surface area contributed by atoms with Gasteiger partial charge in [-0.3, -0.25) is 4.79 Å². The van der Waals surface area contributed by atoms with Crippen molar-refractivity contribution in [2.75, 3.05) is 19.7 Å². The van der Waals surface area contributed by atoms with E-state index in [1.54, 1.807) is 6.20 Å². The molecule has 0 saturated heterocycles. The lowest BCUT2D eigenvalue weighted by Crippen LogP contribution is -2.39. The summed E-state index contributed by atoms with van der Waals surface area (Å²) in [4.78, 5) is 19.6. The second-order valence-electron chi connectivity index (χ2n) is 8.08. The highest BCUT2D eigenvalue weighted by atomic mass is 16.3. The van der Waals surface area contributed by atoms with Crippen molar-refractivity contribution in [1.82, 2.24) is 19.7 Å². The van der Waals surface area contributed by atoms with E-state index < -0.39 is 0 Å². The molecule has 0 unspecified atom stereocenters. The minimum absolute atomic E-state index is 0.0148. The third kappa shape index (κ3) is 4.57. The molecule has 0 aliphatic carbocycles. The first-order valence-electron chi connectivity index (χ1n) is 8.89. The maximum absolute atomic E-state index is 13.1. The first-order chi connectivity index (χ1) is 11.6. The summed E-state index contributed by atoms with van der Waals surface area (Å²) in [6, 6.07) is 2.11. The van der Waals surface area contributed by atoms with E-state index in [0.717, 1.165) is 11.0 Å². The molecular weight excluding hydrogens is 316 g/mol. The van der Waals surface area contributed by atoms with Gasteiger partial charge in [-0.1, -0.05) is 20.8 Å². The number of fused-ring (bicyclic) bond motifs is 1. The Morgan fingerprint density at radius 3 is 2.60 bits per heavy atom. The molecule has 138 valence electrons. The van der Waals surface area contributed by atoms with Crippen LogP contribution in [0.15, 0.2) is 12.3 Å². The molecule has 0 atom stereocenters. The summed E-state index contributed by atoms with van der Waals surface area (Å²) in [5, 5.41) is 14.4. The predicted octanol–water partition coefficient (Wildman–Crippen LogP) is 3.19. The van der Waals surface area contributed by atoms with E-state index in [9.17, 15) is 4.79 Å². The maximum atomic E-state index is 13.1. The molecule has 6 heteroatoms. The summed E-state index contributed by atoms with van der Waals surface area (Å²) in [7, 11) is 0. The summed E-state index contributed by atoms with van der Waals surface area (Å²) in [5.74, 6) is -0.0347. The first-order valence-corrected chi connectivity index (χ1v) is 8.89. The van der Waals surface area contributed by atoms with E-state index in [-0.39, 0.29) is 24.0 Å². The summed E-state index contributed by atoms with van der Waals surface area (Å²) in [6.07, 6.45) is 2.34. The number of carbonyl (C=O) groups is 1. The summed E-state index contributed by atoms with van der Waals surface area (Å²) < 4.78 is 1.87. The maximum Gasteiger partial charge on any atom is 0.255 e. The van der Waals surface area contributed by atoms with Gasteiger partial charge in [-0.25, -0.2) is 9.67 Å². The zero-order valence-electron chi connectivity index (χ0n) is 16.2. The predicted molar refractivity (Wildman–Crippen MR) is 99.7 cm³/mol. The van der Waals surface area contributed by atoms with Crippen LogP contribution in [0.2, 0.25) is 0 Å². The molecule has 1 N–H and O–H groups in total. The SMILES string of the molecule is Cc1nc2c(cnn2C(C)C)cc1C(=O)N(CCCO)CC(C)(C)C. The van der Waals surface area contributed by atoms with E-state index in [1.165, 1.54) is 0 Å². The van der Waals surface area contributed by atoms with Crippen LogP contribution in [-0.4, -0.2) is 50.4 Å². The minimum Gasteiger partial charge on any atom is -0.396 e. The lowest BCUT2D eigenvalue weighted by atomic mass is 9.95. The number of nitrogens with zero attached hydrogens (tertiary/aromatic N) is 4. The van der Waals surface area contributed by atoms with E-state index >= 15 is 0 Å². The largest absolute Gasteiger partial charge is 0.396 e. The first kappa shape index (κ1) is 19.4. The van der Waals surface area contributed by atoms with Crippen LogP contribution in [0.25, 0.3) is 11.0 Å². The molecule has 0 aliphatic rings. The van der Waals surface area contributed by atoms with E-state index in [1.807, 2.05) is 22.6 Å². The smallest absolute Gasteiger partial charge is 0.255 e. The Hall–Kier alpha value is -1.95. The van der Waals surface area contributed by atoms with Crippen LogP contribution in [-0.2, 0) is 0 Å². The van der Waals surface area contributed by atoms with Gasteiger partial charge in [-0.2, -0.15) is 5.10 Å². The fourth-order valence-electron chi connectivity index (χ4n) is 2.92. The minimum atomic E-state index is -0.0347. The number of rotatable bonds is 6. The van der Waals surface area contributed by atoms with Crippen LogP contribution in [0, 0.1) is 12.3 Å². The van der Waals surface area contributed by atoms with E-state index in [0.29, 0.717) is 30.8 Å². The average molecular weight is 346 g/mol. The molecule has 0 radical (unpaired) electrons. The van der Waals surface area contributed by atoms with Crippen LogP contribution in [0.3, 0.4) is 0 Å². The lowest BCUT2D eigenvalue weighted by Gasteiger charge is -2.30. The second kappa shape index (κ2) is 7.52. The average Bonchev–Trinajstić information content (AvgIpc) is 2.91. The molecular formula is C19H30N4O2. The molecule has 0 fully saturated rings. The molecule has 0 spiro atoms. The molecule has 2 aromatic heterocycles. The van der Waals surface area contributed by atoms with Crippen molar-refractivity contribution in [3.05, 3.63) is 23.5 Å². The van der Waals surface area contributed by atoms with Crippen molar-refractivity contribution in [2.24, 2.45) is 5.41 Å². The molecule has 6 nitrogen and oxygen atoms in total. The third-order valence-corrected chi connectivity index (χ3v) is 4.02. The van der Waals surface area contributed by atoms with Gasteiger partial charge >= 0.3 is 0 Å². The number of pyridine rings is 1. The van der Waals surface area contributed by atoms with Gasteiger partial charge in [0.05, 0.1) is 17.5 Å². The van der Waals surface area contributed by atoms with Gasteiger partial charge in [-0.05, 0) is 38.7 Å². The fraction of sp³-hybridized carbons (Fsp3) is 0.632. The second-order valence-corrected chi connectivity index (χ2v) is 8.08. The summed E-state index contributed by atoms with van der Waals surface area (Å²) >= 11 is 0. The van der Waals surface area contributed by atoms with Crippen LogP contribution in [0.1, 0.15) is 63.1 Å². The standard InChI is InChI=1S/C19H30N4O2/c1-13(2)23-17-15(11-20-23)10-16(14(3)21-17)18(25)22(8-7-9-24)12-19(4,5)6/h10-11,13,24H,7-9,12H2,1-6H3. The Morgan fingerprint density at radius 1 is 1.36 bits per heavy atom. The Kier molecular flexibility index (Phi) is 5.83. The van der Waals surface area contributed by atoms with E-state index in [2.05, 4.69) is 44.7 Å². The molecule has 0 bridgehead atoms. The summed E-state index contributed by atoms with van der Waals surface area (Å²) in [5.41, 5.74) is 2.11. The van der Waals surface area contributed by atoms with Gasteiger partial charge in [0, 0.05) is 31.1 Å². The summed E-state index contributed by atoms with van der Waals surface area (Å²) in [6.45, 7) is 13.5. The van der Waals surface area contributed by atoms with Gasteiger partial charge < -0.3 is 10.0 Å². The number of aliphatic hydroxyl groups is 1. The zero-order valence-corrected chi connectivity index (χ0v) is 16.2. The molecule has 2 rings (SSSR count). The van der Waals surface area contributed by atoms with Crippen molar-refractivity contribution in [1.29, 1.82) is 0 Å². The Labute approximate surface area is 149 Å². The molecule has 0 aliphatic heterocycles. The Balaban J connectivity index is 2.40. The van der Waals surface area contributed by atoms with Crippen molar-refractivity contribution >= 4 is 16.9 Å². The van der Waals surface area contributed by atoms with Crippen molar-refractivity contribution in [3.8, 4) is 0 Å². The van der Waals surface area contributed by atoms with Crippen LogP contribution < -0.4 is 0 Å². The van der Waals surface area contributed by atoms with Gasteiger partial charge in [0.2, 0.25) is 0 Å². The number of hydrogen-bond donors (Lipinski definition) is 1. The van der Waals surface area contributed by atoms with Gasteiger partial charge in [-0.15, -0.1) is 0 Å². The number of aryl methyl sites for hydroxylation is 1. The van der Waals surface area contributed by atoms with Crippen LogP contribution >= 0.6 is 0 Å². The molecule has 0 aromatic carbocycles. The van der Waals surface area contributed by atoms with Crippen LogP contribution in [0.5, 0.6) is 0 Å². The highest BCUT2D eigenvalue weighted by Gasteiger charge is 2.24. The van der Waals surface area contributed by atoms with Gasteiger partial charge in [0.15, 0.2) is 5.65 Å². The molecule has 25 heavy (non-hydrogen) atoms. The fourth-order valence-corrected chi connectivity index (χ4v) is 2.92.